The Hall–Kier alpha value is -2.24. The minimum Gasteiger partial charge on any atom is -0.267 e. The van der Waals surface area contributed by atoms with Gasteiger partial charge in [0.1, 0.15) is 4.90 Å². The molecule has 0 fully saturated rings. The zero-order valence-corrected chi connectivity index (χ0v) is 14.9. The number of nitriles is 1. The van der Waals surface area contributed by atoms with Crippen LogP contribution >= 0.6 is 23.5 Å². The van der Waals surface area contributed by atoms with Gasteiger partial charge >= 0.3 is 0 Å². The molecule has 2 heterocycles. The fourth-order valence-electron chi connectivity index (χ4n) is 2.28. The molecule has 0 bridgehead atoms. The number of rotatable bonds is 3. The topological polar surface area (TPSA) is 85.1 Å². The van der Waals surface area contributed by atoms with Gasteiger partial charge < -0.3 is 0 Å². The van der Waals surface area contributed by atoms with Crippen molar-refractivity contribution >= 4 is 33.6 Å². The van der Waals surface area contributed by atoms with Gasteiger partial charge in [-0.1, -0.05) is 35.7 Å². The molecule has 0 saturated heterocycles. The number of fused-ring (bicyclic) bond motifs is 1. The monoisotopic (exact) mass is 357 g/mol. The quantitative estimate of drug-likeness (QED) is 0.908. The van der Waals surface area contributed by atoms with Crippen LogP contribution in [0.2, 0.25) is 0 Å². The molecule has 122 valence electrons. The van der Waals surface area contributed by atoms with E-state index < -0.39 is 0 Å². The number of aromatic nitrogens is 2. The predicted molar refractivity (Wildman–Crippen MR) is 98.4 cm³/mol. The lowest BCUT2D eigenvalue weighted by molar-refractivity contribution is 0.843. The Morgan fingerprint density at radius 2 is 2.29 bits per heavy atom. The second-order valence-electron chi connectivity index (χ2n) is 5.16. The van der Waals surface area contributed by atoms with Crippen LogP contribution in [0.5, 0.6) is 0 Å². The van der Waals surface area contributed by atoms with E-state index >= 15 is 0 Å². The zero-order chi connectivity index (χ0) is 17.1. The highest BCUT2D eigenvalue weighted by atomic mass is 32.2. The van der Waals surface area contributed by atoms with Gasteiger partial charge in [-0.2, -0.15) is 15.5 Å². The average Bonchev–Trinajstić information content (AvgIpc) is 2.60. The van der Waals surface area contributed by atoms with Crippen molar-refractivity contribution < 1.29 is 0 Å². The first kappa shape index (κ1) is 16.6. The van der Waals surface area contributed by atoms with Crippen molar-refractivity contribution in [2.45, 2.75) is 24.5 Å². The molecule has 1 aromatic heterocycles. The number of aryl methyl sites for hydroxylation is 1. The molecule has 8 heteroatoms. The molecule has 0 amide bonds. The third-order valence-electron chi connectivity index (χ3n) is 3.50. The Kier molecular flexibility index (Phi) is 4.92. The Morgan fingerprint density at radius 1 is 1.46 bits per heavy atom. The van der Waals surface area contributed by atoms with Crippen LogP contribution in [0.4, 0.5) is 5.69 Å². The van der Waals surface area contributed by atoms with Crippen LogP contribution in [0.3, 0.4) is 0 Å². The van der Waals surface area contributed by atoms with Gasteiger partial charge in [0, 0.05) is 12.3 Å². The molecule has 6 nitrogen and oxygen atoms in total. The van der Waals surface area contributed by atoms with Gasteiger partial charge in [-0.25, -0.2) is 5.10 Å². The number of nitrogens with zero attached hydrogens (tertiary/aromatic N) is 4. The Labute approximate surface area is 148 Å². The summed E-state index contributed by atoms with van der Waals surface area (Å²) in [6.07, 6.45) is 1.62. The minimum atomic E-state index is -0.211. The first-order valence-corrected chi connectivity index (χ1v) is 9.16. The fraction of sp³-hybridized carbons (Fsp3) is 0.250. The maximum Gasteiger partial charge on any atom is 0.280 e. The van der Waals surface area contributed by atoms with Gasteiger partial charge in [-0.05, 0) is 31.0 Å². The summed E-state index contributed by atoms with van der Waals surface area (Å²) in [5.41, 5.74) is 3.23. The molecule has 0 spiro atoms. The van der Waals surface area contributed by atoms with Crippen LogP contribution in [-0.4, -0.2) is 21.1 Å². The number of benzene rings is 1. The Bertz CT molecular complexity index is 900. The third kappa shape index (κ3) is 3.32. The molecule has 2 aromatic rings. The predicted octanol–water partition coefficient (Wildman–Crippen LogP) is 3.09. The van der Waals surface area contributed by atoms with Crippen molar-refractivity contribution in [3.63, 3.8) is 0 Å². The molecule has 1 aliphatic rings. The number of anilines is 1. The highest BCUT2D eigenvalue weighted by Gasteiger charge is 2.22. The van der Waals surface area contributed by atoms with E-state index in [1.54, 1.807) is 11.2 Å². The molecule has 0 atom stereocenters. The molecule has 1 aromatic carbocycles. The van der Waals surface area contributed by atoms with Crippen molar-refractivity contribution in [3.05, 3.63) is 51.4 Å². The first-order chi connectivity index (χ1) is 11.6. The SMILES string of the molecule is CCN1N=C(SCc2ccc(C)cc2C#N)Sc2c1cn[nH]c2=O. The molecule has 1 aliphatic heterocycles. The van der Waals surface area contributed by atoms with E-state index in [0.717, 1.165) is 21.2 Å². The molecule has 0 unspecified atom stereocenters. The second kappa shape index (κ2) is 7.11. The van der Waals surface area contributed by atoms with E-state index in [-0.39, 0.29) is 5.56 Å². The lowest BCUT2D eigenvalue weighted by Gasteiger charge is -2.24. The summed E-state index contributed by atoms with van der Waals surface area (Å²) in [6.45, 7) is 4.59. The smallest absolute Gasteiger partial charge is 0.267 e. The Morgan fingerprint density at radius 3 is 3.04 bits per heavy atom. The summed E-state index contributed by atoms with van der Waals surface area (Å²) in [7, 11) is 0. The minimum absolute atomic E-state index is 0.211. The van der Waals surface area contributed by atoms with Crippen molar-refractivity contribution in [2.24, 2.45) is 5.10 Å². The summed E-state index contributed by atoms with van der Waals surface area (Å²) in [4.78, 5) is 12.6. The first-order valence-electron chi connectivity index (χ1n) is 7.36. The lowest BCUT2D eigenvalue weighted by Crippen LogP contribution is -2.25. The van der Waals surface area contributed by atoms with Gasteiger partial charge in [-0.3, -0.25) is 9.80 Å². The molecule has 0 saturated carbocycles. The summed E-state index contributed by atoms with van der Waals surface area (Å²) in [5, 5.41) is 21.9. The van der Waals surface area contributed by atoms with Gasteiger partial charge in [0.15, 0.2) is 4.38 Å². The average molecular weight is 357 g/mol. The van der Waals surface area contributed by atoms with Crippen LogP contribution in [0, 0.1) is 18.3 Å². The fourth-order valence-corrected chi connectivity index (χ4v) is 4.34. The van der Waals surface area contributed by atoms with E-state index in [4.69, 9.17) is 0 Å². The number of nitrogens with one attached hydrogen (secondary N) is 1. The largest absolute Gasteiger partial charge is 0.280 e. The van der Waals surface area contributed by atoms with Gasteiger partial charge in [0.2, 0.25) is 0 Å². The summed E-state index contributed by atoms with van der Waals surface area (Å²) in [5.74, 6) is 0.630. The van der Waals surface area contributed by atoms with E-state index in [0.29, 0.717) is 22.8 Å². The maximum absolute atomic E-state index is 12.0. The normalized spacial score (nSPS) is 13.2. The number of aromatic amines is 1. The maximum atomic E-state index is 12.0. The van der Waals surface area contributed by atoms with Crippen molar-refractivity contribution in [3.8, 4) is 6.07 Å². The summed E-state index contributed by atoms with van der Waals surface area (Å²) in [6, 6.07) is 8.09. The van der Waals surface area contributed by atoms with Gasteiger partial charge in [0.25, 0.3) is 5.56 Å². The molecule has 0 radical (unpaired) electrons. The number of H-pyrrole nitrogens is 1. The molecule has 24 heavy (non-hydrogen) atoms. The third-order valence-corrected chi connectivity index (χ3v) is 5.74. The van der Waals surface area contributed by atoms with E-state index in [1.807, 2.05) is 32.0 Å². The van der Waals surface area contributed by atoms with Crippen LogP contribution in [0.15, 0.2) is 39.2 Å². The number of hydrogen-bond donors (Lipinski definition) is 1. The second-order valence-corrected chi connectivity index (χ2v) is 7.38. The van der Waals surface area contributed by atoms with Crippen molar-refractivity contribution in [1.29, 1.82) is 5.26 Å². The Balaban J connectivity index is 1.82. The van der Waals surface area contributed by atoms with Crippen molar-refractivity contribution in [1.82, 2.24) is 10.2 Å². The standard InChI is InChI=1S/C16H15N5OS2/c1-3-21-13-8-18-19-15(22)14(13)24-16(20-21)23-9-11-5-4-10(2)6-12(11)7-17/h4-6,8H,3,9H2,1-2H3,(H,19,22). The van der Waals surface area contributed by atoms with E-state index in [2.05, 4.69) is 21.4 Å². The van der Waals surface area contributed by atoms with Crippen LogP contribution in [0.1, 0.15) is 23.6 Å². The van der Waals surface area contributed by atoms with Crippen LogP contribution in [0.25, 0.3) is 0 Å². The molecular formula is C16H15N5OS2. The van der Waals surface area contributed by atoms with Crippen LogP contribution in [-0.2, 0) is 5.75 Å². The molecule has 3 rings (SSSR count). The van der Waals surface area contributed by atoms with Crippen LogP contribution < -0.4 is 10.6 Å². The lowest BCUT2D eigenvalue weighted by atomic mass is 10.1. The summed E-state index contributed by atoms with van der Waals surface area (Å²) >= 11 is 2.87. The van der Waals surface area contributed by atoms with E-state index in [1.165, 1.54) is 23.5 Å². The highest BCUT2D eigenvalue weighted by Crippen LogP contribution is 2.37. The highest BCUT2D eigenvalue weighted by molar-refractivity contribution is 8.38. The van der Waals surface area contributed by atoms with Gasteiger partial charge in [-0.15, -0.1) is 0 Å². The zero-order valence-electron chi connectivity index (χ0n) is 13.2. The number of hydrogen-bond acceptors (Lipinski definition) is 7. The molecular weight excluding hydrogens is 342 g/mol. The summed E-state index contributed by atoms with van der Waals surface area (Å²) < 4.78 is 0.783. The van der Waals surface area contributed by atoms with Crippen molar-refractivity contribution in [2.75, 3.05) is 11.6 Å². The number of hydrazone groups is 1. The number of thioether (sulfide) groups is 2. The molecule has 1 N–H and O–H groups in total. The van der Waals surface area contributed by atoms with Gasteiger partial charge in [0.05, 0.1) is 23.5 Å². The molecule has 0 aliphatic carbocycles. The van der Waals surface area contributed by atoms with E-state index in [9.17, 15) is 10.1 Å².